The van der Waals surface area contributed by atoms with Crippen LogP contribution in [0.25, 0.3) is 9.69 Å². The summed E-state index contributed by atoms with van der Waals surface area (Å²) < 4.78 is 0. The first-order valence-corrected chi connectivity index (χ1v) is 8.59. The van der Waals surface area contributed by atoms with Gasteiger partial charge in [0.05, 0.1) is 13.1 Å². The van der Waals surface area contributed by atoms with Crippen molar-refractivity contribution in [1.29, 1.82) is 0 Å². The number of hydrogen-bond donors (Lipinski definition) is 1. The van der Waals surface area contributed by atoms with Gasteiger partial charge < -0.3 is 5.32 Å². The number of anilines is 1. The Balaban J connectivity index is 0.000000397. The Hall–Kier alpha value is -3.96. The molecular formula is C23H20N4O. The molecule has 0 saturated heterocycles. The molecule has 0 bridgehead atoms. The van der Waals surface area contributed by atoms with Crippen LogP contribution < -0.4 is 5.32 Å². The second kappa shape index (κ2) is 9.66. The van der Waals surface area contributed by atoms with Crippen molar-refractivity contribution in [2.75, 3.05) is 5.32 Å². The first kappa shape index (κ1) is 20.4. The van der Waals surface area contributed by atoms with Crippen LogP contribution in [0.5, 0.6) is 0 Å². The molecule has 138 valence electrons. The SMILES string of the molecule is [C-]#[N+]c1ccc(C(=O)Nc2c(C)cc(C)cc2C)cc1[N+]#[C-].c1ccncc1. The molecule has 1 N–H and O–H groups in total. The van der Waals surface area contributed by atoms with Gasteiger partial charge in [-0.2, -0.15) is 0 Å². The van der Waals surface area contributed by atoms with E-state index in [1.54, 1.807) is 18.5 Å². The number of nitrogens with zero attached hydrogens (tertiary/aromatic N) is 3. The predicted molar refractivity (Wildman–Crippen MR) is 112 cm³/mol. The van der Waals surface area contributed by atoms with Crippen LogP contribution in [0.4, 0.5) is 17.1 Å². The molecule has 0 aliphatic heterocycles. The van der Waals surface area contributed by atoms with E-state index in [9.17, 15) is 4.79 Å². The Morgan fingerprint density at radius 3 is 1.96 bits per heavy atom. The molecule has 0 unspecified atom stereocenters. The van der Waals surface area contributed by atoms with Gasteiger partial charge in [0.2, 0.25) is 0 Å². The van der Waals surface area contributed by atoms with Gasteiger partial charge in [-0.05, 0) is 44.0 Å². The third-order valence-corrected chi connectivity index (χ3v) is 3.96. The summed E-state index contributed by atoms with van der Waals surface area (Å²) >= 11 is 0. The van der Waals surface area contributed by atoms with Crippen molar-refractivity contribution < 1.29 is 4.79 Å². The highest BCUT2D eigenvalue weighted by Gasteiger charge is 2.12. The maximum absolute atomic E-state index is 12.4. The minimum atomic E-state index is -0.281. The second-order valence-corrected chi connectivity index (χ2v) is 6.18. The molecule has 3 rings (SSSR count). The van der Waals surface area contributed by atoms with E-state index in [2.05, 4.69) is 20.0 Å². The van der Waals surface area contributed by atoms with E-state index >= 15 is 0 Å². The molecule has 0 spiro atoms. The number of amides is 1. The molecule has 1 amide bonds. The van der Waals surface area contributed by atoms with Crippen molar-refractivity contribution in [3.8, 4) is 0 Å². The highest BCUT2D eigenvalue weighted by atomic mass is 16.1. The highest BCUT2D eigenvalue weighted by molar-refractivity contribution is 6.06. The summed E-state index contributed by atoms with van der Waals surface area (Å²) in [5.74, 6) is -0.281. The fourth-order valence-electron chi connectivity index (χ4n) is 2.72. The number of benzene rings is 2. The van der Waals surface area contributed by atoms with E-state index in [4.69, 9.17) is 13.1 Å². The topological polar surface area (TPSA) is 50.7 Å². The number of hydrogen-bond acceptors (Lipinski definition) is 2. The largest absolute Gasteiger partial charge is 0.322 e. The molecule has 5 nitrogen and oxygen atoms in total. The van der Waals surface area contributed by atoms with Gasteiger partial charge in [-0.25, -0.2) is 0 Å². The summed E-state index contributed by atoms with van der Waals surface area (Å²) in [6, 6.07) is 14.3. The monoisotopic (exact) mass is 368 g/mol. The van der Waals surface area contributed by atoms with E-state index in [0.717, 1.165) is 22.4 Å². The third kappa shape index (κ3) is 5.27. The lowest BCUT2D eigenvalue weighted by Crippen LogP contribution is -2.13. The standard InChI is InChI=1S/C18H15N3O.C5H5N/c1-11-8-12(2)17(13(3)9-11)21-18(22)14-6-7-15(19-4)16(10-14)20-5;1-2-4-6-5-3-1/h6-10H,1-3H3,(H,21,22);1-5H. The summed E-state index contributed by atoms with van der Waals surface area (Å²) in [6.45, 7) is 20.0. The molecule has 1 aromatic heterocycles. The Kier molecular flexibility index (Phi) is 7.02. The first-order chi connectivity index (χ1) is 13.5. The predicted octanol–water partition coefficient (Wildman–Crippen LogP) is 6.05. The van der Waals surface area contributed by atoms with Crippen molar-refractivity contribution in [2.45, 2.75) is 20.8 Å². The molecule has 0 fully saturated rings. The number of carbonyl (C=O) groups is 1. The number of pyridine rings is 1. The minimum absolute atomic E-state index is 0.194. The Bertz CT molecular complexity index is 1010. The number of rotatable bonds is 2. The van der Waals surface area contributed by atoms with Gasteiger partial charge in [0, 0.05) is 23.6 Å². The van der Waals surface area contributed by atoms with Crippen LogP contribution in [0.15, 0.2) is 60.9 Å². The quantitative estimate of drug-likeness (QED) is 0.560. The Morgan fingerprint density at radius 1 is 0.893 bits per heavy atom. The fourth-order valence-corrected chi connectivity index (χ4v) is 2.72. The molecule has 0 aliphatic carbocycles. The number of aromatic nitrogens is 1. The molecule has 0 saturated carbocycles. The minimum Gasteiger partial charge on any atom is -0.322 e. The lowest BCUT2D eigenvalue weighted by Gasteiger charge is -2.13. The molecule has 28 heavy (non-hydrogen) atoms. The van der Waals surface area contributed by atoms with E-state index in [1.165, 1.54) is 12.1 Å². The van der Waals surface area contributed by atoms with Gasteiger partial charge in [-0.1, -0.05) is 42.0 Å². The highest BCUT2D eigenvalue weighted by Crippen LogP contribution is 2.30. The smallest absolute Gasteiger partial charge is 0.254 e. The van der Waals surface area contributed by atoms with Crippen molar-refractivity contribution in [2.24, 2.45) is 0 Å². The summed E-state index contributed by atoms with van der Waals surface area (Å²) in [4.78, 5) is 22.7. The molecule has 0 atom stereocenters. The molecule has 0 radical (unpaired) electrons. The molecule has 5 heteroatoms. The Labute approximate surface area is 165 Å². The molecular weight excluding hydrogens is 348 g/mol. The molecule has 0 aliphatic rings. The van der Waals surface area contributed by atoms with Crippen molar-refractivity contribution >= 4 is 23.0 Å². The summed E-state index contributed by atoms with van der Waals surface area (Å²) in [5, 5.41) is 2.89. The zero-order valence-corrected chi connectivity index (χ0v) is 16.0. The Morgan fingerprint density at radius 2 is 1.50 bits per heavy atom. The van der Waals surface area contributed by atoms with E-state index < -0.39 is 0 Å². The summed E-state index contributed by atoms with van der Waals surface area (Å²) in [7, 11) is 0. The van der Waals surface area contributed by atoms with Gasteiger partial charge >= 0.3 is 0 Å². The first-order valence-electron chi connectivity index (χ1n) is 8.59. The van der Waals surface area contributed by atoms with Crippen LogP contribution >= 0.6 is 0 Å². The van der Waals surface area contributed by atoms with E-state index in [1.807, 2.05) is 51.1 Å². The van der Waals surface area contributed by atoms with Crippen molar-refractivity contribution in [3.63, 3.8) is 0 Å². The van der Waals surface area contributed by atoms with E-state index in [-0.39, 0.29) is 17.3 Å². The normalized spacial score (nSPS) is 9.32. The second-order valence-electron chi connectivity index (χ2n) is 6.18. The van der Waals surface area contributed by atoms with Gasteiger partial charge in [0.1, 0.15) is 0 Å². The number of carbonyl (C=O) groups excluding carboxylic acids is 1. The summed E-state index contributed by atoms with van der Waals surface area (Å²) in [5.41, 5.74) is 4.74. The van der Waals surface area contributed by atoms with Crippen LogP contribution in [0.2, 0.25) is 0 Å². The zero-order valence-electron chi connectivity index (χ0n) is 16.0. The van der Waals surface area contributed by atoms with Crippen LogP contribution in [0, 0.1) is 33.9 Å². The number of nitrogens with one attached hydrogen (secondary N) is 1. The summed E-state index contributed by atoms with van der Waals surface area (Å²) in [6.07, 6.45) is 3.50. The van der Waals surface area contributed by atoms with Crippen LogP contribution in [0.3, 0.4) is 0 Å². The van der Waals surface area contributed by atoms with Gasteiger partial charge in [-0.3, -0.25) is 19.5 Å². The number of aryl methyl sites for hydroxylation is 3. The molecule has 1 heterocycles. The van der Waals surface area contributed by atoms with Crippen LogP contribution in [0.1, 0.15) is 27.0 Å². The van der Waals surface area contributed by atoms with Gasteiger partial charge in [-0.15, -0.1) is 0 Å². The lowest BCUT2D eigenvalue weighted by atomic mass is 10.0. The zero-order chi connectivity index (χ0) is 20.5. The van der Waals surface area contributed by atoms with Gasteiger partial charge in [0.15, 0.2) is 11.4 Å². The van der Waals surface area contributed by atoms with Crippen molar-refractivity contribution in [3.05, 3.63) is 106 Å². The lowest BCUT2D eigenvalue weighted by molar-refractivity contribution is 0.102. The van der Waals surface area contributed by atoms with Crippen LogP contribution in [-0.2, 0) is 0 Å². The third-order valence-electron chi connectivity index (χ3n) is 3.96. The maximum Gasteiger partial charge on any atom is 0.254 e. The fraction of sp³-hybridized carbons (Fsp3) is 0.130. The van der Waals surface area contributed by atoms with Gasteiger partial charge in [0.25, 0.3) is 5.91 Å². The van der Waals surface area contributed by atoms with Crippen LogP contribution in [-0.4, -0.2) is 10.9 Å². The average Bonchev–Trinajstić information content (AvgIpc) is 2.71. The van der Waals surface area contributed by atoms with Crippen molar-refractivity contribution in [1.82, 2.24) is 4.98 Å². The average molecular weight is 368 g/mol. The molecule has 3 aromatic rings. The maximum atomic E-state index is 12.4. The van der Waals surface area contributed by atoms with E-state index in [0.29, 0.717) is 5.56 Å². The molecule has 2 aromatic carbocycles.